The van der Waals surface area contributed by atoms with E-state index in [2.05, 4.69) is 33.7 Å². The molecular formula is C19H19N3O2. The summed E-state index contributed by atoms with van der Waals surface area (Å²) in [5.41, 5.74) is 3.41. The Labute approximate surface area is 139 Å². The Hall–Kier alpha value is -3.08. The van der Waals surface area contributed by atoms with Gasteiger partial charge in [0.15, 0.2) is 11.5 Å². The van der Waals surface area contributed by atoms with Crippen LogP contribution in [0.1, 0.15) is 5.56 Å². The maximum Gasteiger partial charge on any atom is 0.161 e. The molecule has 2 aromatic carbocycles. The van der Waals surface area contributed by atoms with E-state index in [4.69, 9.17) is 9.47 Å². The maximum atomic E-state index is 5.41. The Balaban J connectivity index is 1.69. The van der Waals surface area contributed by atoms with Crippen LogP contribution in [-0.2, 0) is 6.54 Å². The van der Waals surface area contributed by atoms with Crippen molar-refractivity contribution < 1.29 is 9.47 Å². The molecule has 1 heterocycles. The lowest BCUT2D eigenvalue weighted by Crippen LogP contribution is -1.99. The van der Waals surface area contributed by atoms with Crippen molar-refractivity contribution in [2.75, 3.05) is 19.5 Å². The first kappa shape index (κ1) is 14.5. The number of anilines is 1. The third-order valence-electron chi connectivity index (χ3n) is 4.29. The number of ether oxygens (including phenoxy) is 2. The second-order valence-electron chi connectivity index (χ2n) is 5.69. The SMILES string of the molecule is COc1cc2cc3c(NCc4ccccc4)[nH][nH]c-3c2cc1OC. The van der Waals surface area contributed by atoms with Crippen molar-refractivity contribution in [2.45, 2.75) is 6.54 Å². The number of nitrogens with one attached hydrogen (secondary N) is 3. The molecule has 0 spiro atoms. The number of fused-ring (bicyclic) bond motifs is 3. The van der Waals surface area contributed by atoms with Gasteiger partial charge in [-0.1, -0.05) is 30.3 Å². The van der Waals surface area contributed by atoms with E-state index in [-0.39, 0.29) is 0 Å². The van der Waals surface area contributed by atoms with Gasteiger partial charge in [-0.3, -0.25) is 10.2 Å². The lowest BCUT2D eigenvalue weighted by molar-refractivity contribution is 0.356. The van der Waals surface area contributed by atoms with Crippen LogP contribution in [0.3, 0.4) is 0 Å². The quantitative estimate of drug-likeness (QED) is 0.515. The minimum atomic E-state index is 0.728. The third kappa shape index (κ3) is 2.34. The average Bonchev–Trinajstić information content (AvgIpc) is 3.18. The fraction of sp³-hybridized carbons (Fsp3) is 0.158. The molecule has 1 aliphatic carbocycles. The van der Waals surface area contributed by atoms with Gasteiger partial charge in [-0.15, -0.1) is 0 Å². The summed E-state index contributed by atoms with van der Waals surface area (Å²) >= 11 is 0. The van der Waals surface area contributed by atoms with Crippen molar-refractivity contribution in [1.82, 2.24) is 10.2 Å². The lowest BCUT2D eigenvalue weighted by atomic mass is 10.2. The average molecular weight is 321 g/mol. The van der Waals surface area contributed by atoms with E-state index in [1.165, 1.54) is 5.56 Å². The monoisotopic (exact) mass is 321 g/mol. The highest BCUT2D eigenvalue weighted by Gasteiger charge is 2.19. The van der Waals surface area contributed by atoms with Gasteiger partial charge in [-0.05, 0) is 29.1 Å². The van der Waals surface area contributed by atoms with Crippen LogP contribution in [0.25, 0.3) is 22.0 Å². The Bertz CT molecular complexity index is 940. The molecular weight excluding hydrogens is 302 g/mol. The molecule has 0 saturated carbocycles. The molecule has 0 fully saturated rings. The van der Waals surface area contributed by atoms with Crippen LogP contribution >= 0.6 is 0 Å². The lowest BCUT2D eigenvalue weighted by Gasteiger charge is -2.07. The Morgan fingerprint density at radius 1 is 0.917 bits per heavy atom. The zero-order chi connectivity index (χ0) is 16.5. The molecule has 122 valence electrons. The topological polar surface area (TPSA) is 62.1 Å². The highest BCUT2D eigenvalue weighted by atomic mass is 16.5. The predicted molar refractivity (Wildman–Crippen MR) is 96.1 cm³/mol. The number of aromatic amines is 2. The van der Waals surface area contributed by atoms with Crippen molar-refractivity contribution in [1.29, 1.82) is 0 Å². The van der Waals surface area contributed by atoms with E-state index in [1.54, 1.807) is 14.2 Å². The number of aromatic nitrogens is 2. The van der Waals surface area contributed by atoms with Crippen molar-refractivity contribution in [2.24, 2.45) is 0 Å². The van der Waals surface area contributed by atoms with Crippen LogP contribution in [0.5, 0.6) is 11.5 Å². The molecule has 24 heavy (non-hydrogen) atoms. The molecule has 0 saturated heterocycles. The van der Waals surface area contributed by atoms with Crippen LogP contribution in [-0.4, -0.2) is 24.4 Å². The summed E-state index contributed by atoms with van der Waals surface area (Å²) in [6.45, 7) is 0.762. The van der Waals surface area contributed by atoms with Crippen molar-refractivity contribution >= 4 is 16.6 Å². The Morgan fingerprint density at radius 3 is 2.42 bits per heavy atom. The molecule has 1 aliphatic heterocycles. The molecule has 5 heteroatoms. The number of H-pyrrole nitrogens is 2. The van der Waals surface area contributed by atoms with Crippen LogP contribution in [0.4, 0.5) is 5.82 Å². The largest absolute Gasteiger partial charge is 0.493 e. The first-order chi connectivity index (χ1) is 11.8. The van der Waals surface area contributed by atoms with Crippen LogP contribution in [0, 0.1) is 0 Å². The number of methoxy groups -OCH3 is 2. The zero-order valence-electron chi connectivity index (χ0n) is 13.6. The van der Waals surface area contributed by atoms with E-state index in [1.807, 2.05) is 30.3 Å². The highest BCUT2D eigenvalue weighted by Crippen LogP contribution is 2.42. The van der Waals surface area contributed by atoms with Gasteiger partial charge in [0.1, 0.15) is 5.82 Å². The highest BCUT2D eigenvalue weighted by molar-refractivity contribution is 6.05. The van der Waals surface area contributed by atoms with Crippen molar-refractivity contribution in [3.63, 3.8) is 0 Å². The Morgan fingerprint density at radius 2 is 1.67 bits per heavy atom. The number of rotatable bonds is 5. The molecule has 0 radical (unpaired) electrons. The second kappa shape index (κ2) is 5.85. The number of hydrogen-bond donors (Lipinski definition) is 3. The van der Waals surface area contributed by atoms with Gasteiger partial charge in [-0.25, -0.2) is 0 Å². The molecule has 0 bridgehead atoms. The predicted octanol–water partition coefficient (Wildman–Crippen LogP) is 4.23. The standard InChI is InChI=1S/C19H19N3O2/c1-23-16-9-13-8-15-18(14(13)10-17(16)24-2)21-22-19(15)20-11-12-6-4-3-5-7-12/h3-10,20-22H,11H2,1-2H3. The summed E-state index contributed by atoms with van der Waals surface area (Å²) in [5.74, 6) is 2.44. The molecule has 4 rings (SSSR count). The van der Waals surface area contributed by atoms with Gasteiger partial charge < -0.3 is 14.8 Å². The first-order valence-corrected chi connectivity index (χ1v) is 7.82. The molecule has 2 aliphatic rings. The fourth-order valence-electron chi connectivity index (χ4n) is 3.05. The molecule has 0 amide bonds. The Kier molecular flexibility index (Phi) is 3.54. The summed E-state index contributed by atoms with van der Waals surface area (Å²) in [6, 6.07) is 16.5. The minimum Gasteiger partial charge on any atom is -0.493 e. The van der Waals surface area contributed by atoms with Gasteiger partial charge in [0, 0.05) is 17.5 Å². The minimum absolute atomic E-state index is 0.728. The second-order valence-corrected chi connectivity index (χ2v) is 5.69. The molecule has 2 aromatic rings. The molecule has 5 nitrogen and oxygen atoms in total. The van der Waals surface area contributed by atoms with E-state index in [0.717, 1.165) is 45.9 Å². The number of hydrogen-bond acceptors (Lipinski definition) is 3. The smallest absolute Gasteiger partial charge is 0.161 e. The van der Waals surface area contributed by atoms with Crippen LogP contribution in [0.15, 0.2) is 48.5 Å². The van der Waals surface area contributed by atoms with Gasteiger partial charge in [0.25, 0.3) is 0 Å². The van der Waals surface area contributed by atoms with Crippen LogP contribution in [0.2, 0.25) is 0 Å². The van der Waals surface area contributed by atoms with Gasteiger partial charge in [0.2, 0.25) is 0 Å². The molecule has 3 N–H and O–H groups in total. The molecule has 0 aromatic heterocycles. The van der Waals surface area contributed by atoms with E-state index in [9.17, 15) is 0 Å². The summed E-state index contributed by atoms with van der Waals surface area (Å²) in [5, 5.41) is 12.1. The third-order valence-corrected chi connectivity index (χ3v) is 4.29. The first-order valence-electron chi connectivity index (χ1n) is 7.82. The summed E-state index contributed by atoms with van der Waals surface area (Å²) in [4.78, 5) is 0. The van der Waals surface area contributed by atoms with E-state index in [0.29, 0.717) is 0 Å². The van der Waals surface area contributed by atoms with Gasteiger partial charge >= 0.3 is 0 Å². The fourth-order valence-corrected chi connectivity index (χ4v) is 3.05. The molecule has 0 unspecified atom stereocenters. The van der Waals surface area contributed by atoms with Crippen molar-refractivity contribution in [3.05, 3.63) is 54.1 Å². The maximum absolute atomic E-state index is 5.41. The zero-order valence-corrected chi connectivity index (χ0v) is 13.6. The normalized spacial score (nSPS) is 11.1. The summed E-state index contributed by atoms with van der Waals surface area (Å²) in [7, 11) is 3.30. The number of benzene rings is 2. The van der Waals surface area contributed by atoms with Crippen molar-refractivity contribution in [3.8, 4) is 22.8 Å². The van der Waals surface area contributed by atoms with E-state index < -0.39 is 0 Å². The van der Waals surface area contributed by atoms with Gasteiger partial charge in [-0.2, -0.15) is 0 Å². The molecule has 0 atom stereocenters. The van der Waals surface area contributed by atoms with E-state index >= 15 is 0 Å². The summed E-state index contributed by atoms with van der Waals surface area (Å²) in [6.07, 6.45) is 0. The van der Waals surface area contributed by atoms with Crippen LogP contribution < -0.4 is 14.8 Å². The van der Waals surface area contributed by atoms with Gasteiger partial charge in [0.05, 0.1) is 19.9 Å². The summed E-state index contributed by atoms with van der Waals surface area (Å²) < 4.78 is 10.8.